The average molecular weight is 391 g/mol. The Balaban J connectivity index is 0.000000236. The molecule has 1 aromatic rings. The van der Waals surface area contributed by atoms with Crippen molar-refractivity contribution in [1.29, 1.82) is 0 Å². The molecule has 2 saturated carbocycles. The summed E-state index contributed by atoms with van der Waals surface area (Å²) in [6, 6.07) is 7.26. The Bertz CT molecular complexity index is 603. The third kappa shape index (κ3) is 5.40. The summed E-state index contributed by atoms with van der Waals surface area (Å²) in [4.78, 5) is 25.8. The zero-order chi connectivity index (χ0) is 20.7. The fourth-order valence-corrected chi connectivity index (χ4v) is 3.96. The molecule has 156 valence electrons. The van der Waals surface area contributed by atoms with Crippen LogP contribution in [0.3, 0.4) is 0 Å². The van der Waals surface area contributed by atoms with Crippen molar-refractivity contribution < 1.29 is 19.8 Å². The topological polar surface area (TPSA) is 104 Å². The molecule has 0 radical (unpaired) electrons. The van der Waals surface area contributed by atoms with Crippen LogP contribution in [-0.2, 0) is 0 Å². The fraction of sp³-hybridized carbons (Fsp3) is 0.636. The number of aliphatic hydroxyl groups excluding tert-OH is 2. The van der Waals surface area contributed by atoms with E-state index in [1.54, 1.807) is 24.3 Å². The Kier molecular flexibility index (Phi) is 8.60. The van der Waals surface area contributed by atoms with Crippen molar-refractivity contribution in [3.8, 4) is 0 Å². The maximum atomic E-state index is 12.2. The fourth-order valence-electron chi connectivity index (χ4n) is 3.96. The van der Waals surface area contributed by atoms with Gasteiger partial charge in [0.25, 0.3) is 11.8 Å². The average Bonchev–Trinajstić information content (AvgIpc) is 2.98. The molecule has 1 aromatic carbocycles. The van der Waals surface area contributed by atoms with E-state index >= 15 is 0 Å². The quantitative estimate of drug-likeness (QED) is 0.640. The highest BCUT2D eigenvalue weighted by atomic mass is 16.3. The highest BCUT2D eigenvalue weighted by Gasteiger charge is 2.40. The van der Waals surface area contributed by atoms with Crippen LogP contribution in [0.5, 0.6) is 0 Å². The van der Waals surface area contributed by atoms with Gasteiger partial charge in [0.1, 0.15) is 0 Å². The summed E-state index contributed by atoms with van der Waals surface area (Å²) in [7, 11) is 0. The molecule has 6 nitrogen and oxygen atoms in total. The first-order valence-electron chi connectivity index (χ1n) is 10.6. The van der Waals surface area contributed by atoms with E-state index in [0.717, 1.165) is 25.7 Å². The van der Waals surface area contributed by atoms with E-state index in [0.29, 0.717) is 42.9 Å². The van der Waals surface area contributed by atoms with Crippen molar-refractivity contribution in [2.24, 2.45) is 5.73 Å². The lowest BCUT2D eigenvalue weighted by atomic mass is 9.92. The standard InChI is InChI=1S/C14H15NO3.C6H13NO.C2H6/c16-10-7-5-9(6-8-10)15-13(17)11-3-1-2-4-12(11)14(15)18;7-5-1-3-6(8)4-2-5;1-2/h1-4,9-10,16H,5-8H2;5-6,8H,1-4,7H2;1-2H3. The molecule has 0 aromatic heterocycles. The minimum Gasteiger partial charge on any atom is -0.393 e. The van der Waals surface area contributed by atoms with Crippen molar-refractivity contribution in [1.82, 2.24) is 4.90 Å². The predicted octanol–water partition coefficient (Wildman–Crippen LogP) is 2.86. The van der Waals surface area contributed by atoms with E-state index in [9.17, 15) is 14.7 Å². The summed E-state index contributed by atoms with van der Waals surface area (Å²) in [5.74, 6) is -0.367. The largest absolute Gasteiger partial charge is 0.393 e. The van der Waals surface area contributed by atoms with Crippen LogP contribution in [0.2, 0.25) is 0 Å². The minimum atomic E-state index is -0.281. The molecule has 1 aliphatic heterocycles. The van der Waals surface area contributed by atoms with E-state index in [-0.39, 0.29) is 30.1 Å². The Labute approximate surface area is 167 Å². The monoisotopic (exact) mass is 390 g/mol. The molecule has 2 amide bonds. The number of hydrogen-bond donors (Lipinski definition) is 3. The third-order valence-electron chi connectivity index (χ3n) is 5.60. The van der Waals surface area contributed by atoms with Crippen LogP contribution in [0, 0.1) is 0 Å². The van der Waals surface area contributed by atoms with Gasteiger partial charge in [0.2, 0.25) is 0 Å². The zero-order valence-electron chi connectivity index (χ0n) is 17.0. The van der Waals surface area contributed by atoms with Gasteiger partial charge in [-0.1, -0.05) is 26.0 Å². The lowest BCUT2D eigenvalue weighted by Gasteiger charge is -2.31. The van der Waals surface area contributed by atoms with Gasteiger partial charge in [-0.05, 0) is 63.5 Å². The number of nitrogens with zero attached hydrogens (tertiary/aromatic N) is 1. The predicted molar refractivity (Wildman–Crippen MR) is 109 cm³/mol. The van der Waals surface area contributed by atoms with Gasteiger partial charge in [0, 0.05) is 12.1 Å². The molecule has 4 N–H and O–H groups in total. The molecule has 1 heterocycles. The van der Waals surface area contributed by atoms with Crippen LogP contribution < -0.4 is 5.73 Å². The molecule has 3 aliphatic rings. The highest BCUT2D eigenvalue weighted by Crippen LogP contribution is 2.30. The minimum absolute atomic E-state index is 0.0548. The van der Waals surface area contributed by atoms with Gasteiger partial charge in [-0.15, -0.1) is 0 Å². The van der Waals surface area contributed by atoms with E-state index in [4.69, 9.17) is 10.8 Å². The third-order valence-corrected chi connectivity index (χ3v) is 5.60. The number of fused-ring (bicyclic) bond motifs is 1. The van der Waals surface area contributed by atoms with Gasteiger partial charge in [-0.25, -0.2) is 0 Å². The molecular weight excluding hydrogens is 356 g/mol. The number of hydrogen-bond acceptors (Lipinski definition) is 5. The Morgan fingerprint density at radius 1 is 0.786 bits per heavy atom. The number of benzene rings is 1. The summed E-state index contributed by atoms with van der Waals surface area (Å²) in [6.07, 6.45) is 6.20. The normalized spacial score (nSPS) is 29.2. The van der Waals surface area contributed by atoms with Gasteiger partial charge in [-0.2, -0.15) is 0 Å². The summed E-state index contributed by atoms with van der Waals surface area (Å²) in [5.41, 5.74) is 6.60. The zero-order valence-corrected chi connectivity index (χ0v) is 17.0. The SMILES string of the molecule is CC.NC1CCC(O)CC1.O=C1c2ccccc2C(=O)N1C1CCC(O)CC1. The van der Waals surface area contributed by atoms with Crippen LogP contribution >= 0.6 is 0 Å². The summed E-state index contributed by atoms with van der Waals surface area (Å²) >= 11 is 0. The summed E-state index contributed by atoms with van der Waals surface area (Å²) in [6.45, 7) is 4.00. The summed E-state index contributed by atoms with van der Waals surface area (Å²) < 4.78 is 0. The number of amides is 2. The van der Waals surface area contributed by atoms with Crippen LogP contribution in [0.25, 0.3) is 0 Å². The Morgan fingerprint density at radius 3 is 1.57 bits per heavy atom. The molecule has 0 atom stereocenters. The van der Waals surface area contributed by atoms with E-state index in [1.165, 1.54) is 4.90 Å². The maximum absolute atomic E-state index is 12.2. The van der Waals surface area contributed by atoms with Crippen molar-refractivity contribution in [2.45, 2.75) is 89.5 Å². The lowest BCUT2D eigenvalue weighted by molar-refractivity contribution is 0.0449. The molecule has 2 fully saturated rings. The van der Waals surface area contributed by atoms with E-state index < -0.39 is 0 Å². The molecule has 0 saturated heterocycles. The molecule has 28 heavy (non-hydrogen) atoms. The van der Waals surface area contributed by atoms with Gasteiger partial charge in [-0.3, -0.25) is 14.5 Å². The highest BCUT2D eigenvalue weighted by molar-refractivity contribution is 6.21. The van der Waals surface area contributed by atoms with Gasteiger partial charge in [0.05, 0.1) is 23.3 Å². The first-order chi connectivity index (χ1) is 13.5. The molecule has 0 bridgehead atoms. The van der Waals surface area contributed by atoms with Crippen LogP contribution in [0.15, 0.2) is 24.3 Å². The Hall–Kier alpha value is -1.76. The second-order valence-electron chi connectivity index (χ2n) is 7.56. The maximum Gasteiger partial charge on any atom is 0.261 e. The lowest BCUT2D eigenvalue weighted by Crippen LogP contribution is -2.42. The first kappa shape index (κ1) is 22.5. The van der Waals surface area contributed by atoms with Gasteiger partial charge in [0.15, 0.2) is 0 Å². The number of carbonyl (C=O) groups is 2. The molecule has 0 spiro atoms. The first-order valence-corrected chi connectivity index (χ1v) is 10.6. The van der Waals surface area contributed by atoms with Crippen molar-refractivity contribution in [3.63, 3.8) is 0 Å². The molecule has 2 aliphatic carbocycles. The molecule has 0 unspecified atom stereocenters. The van der Waals surface area contributed by atoms with Crippen LogP contribution in [0.4, 0.5) is 0 Å². The number of nitrogens with two attached hydrogens (primary N) is 1. The van der Waals surface area contributed by atoms with Gasteiger partial charge < -0.3 is 15.9 Å². The molecular formula is C22H34N2O4. The van der Waals surface area contributed by atoms with E-state index in [1.807, 2.05) is 13.8 Å². The number of carbonyl (C=O) groups excluding carboxylic acids is 2. The Morgan fingerprint density at radius 2 is 1.18 bits per heavy atom. The number of rotatable bonds is 1. The smallest absolute Gasteiger partial charge is 0.261 e. The van der Waals surface area contributed by atoms with Crippen LogP contribution in [0.1, 0.15) is 85.9 Å². The molecule has 6 heteroatoms. The van der Waals surface area contributed by atoms with E-state index in [2.05, 4.69) is 0 Å². The van der Waals surface area contributed by atoms with Crippen molar-refractivity contribution >= 4 is 11.8 Å². The number of imide groups is 1. The van der Waals surface area contributed by atoms with Crippen molar-refractivity contribution in [3.05, 3.63) is 35.4 Å². The summed E-state index contributed by atoms with van der Waals surface area (Å²) in [5, 5.41) is 18.5. The number of aliphatic hydroxyl groups is 2. The van der Waals surface area contributed by atoms with Crippen molar-refractivity contribution in [2.75, 3.05) is 0 Å². The molecule has 4 rings (SSSR count). The van der Waals surface area contributed by atoms with Gasteiger partial charge >= 0.3 is 0 Å². The second kappa shape index (κ2) is 10.7. The second-order valence-corrected chi connectivity index (χ2v) is 7.56. The van der Waals surface area contributed by atoms with Crippen LogP contribution in [-0.4, -0.2) is 51.2 Å².